The Morgan fingerprint density at radius 3 is 2.76 bits per heavy atom. The molecule has 2 heterocycles. The van der Waals surface area contributed by atoms with Crippen LogP contribution in [0.1, 0.15) is 10.7 Å². The molecule has 0 fully saturated rings. The van der Waals surface area contributed by atoms with Gasteiger partial charge < -0.3 is 14.8 Å². The van der Waals surface area contributed by atoms with E-state index >= 15 is 0 Å². The summed E-state index contributed by atoms with van der Waals surface area (Å²) < 4.78 is 24.8. The number of benzene rings is 2. The fourth-order valence-corrected chi connectivity index (χ4v) is 3.55. The van der Waals surface area contributed by atoms with Crippen molar-refractivity contribution in [2.75, 3.05) is 12.4 Å². The minimum atomic E-state index is -0.483. The minimum Gasteiger partial charge on any atom is -0.493 e. The third-order valence-corrected chi connectivity index (χ3v) is 5.26. The van der Waals surface area contributed by atoms with Crippen LogP contribution in [0.5, 0.6) is 11.5 Å². The standard InChI is InChI=1S/C20H16ClFN4O2S/c1-11-25-13(9-29-11)8-28-19-7-17-14(6-18(19)27-2)20(24-10-23-17)26-12-3-4-16(22)15(21)5-12/h3-7,9-10H,8H2,1-2H3,(H,23,24,26). The smallest absolute Gasteiger partial charge is 0.163 e. The van der Waals surface area contributed by atoms with Gasteiger partial charge in [-0.2, -0.15) is 0 Å². The SMILES string of the molecule is COc1cc2c(Nc3ccc(F)c(Cl)c3)ncnc2cc1OCc1csc(C)n1. The highest BCUT2D eigenvalue weighted by Gasteiger charge is 2.13. The van der Waals surface area contributed by atoms with E-state index in [4.69, 9.17) is 21.1 Å². The molecule has 6 nitrogen and oxygen atoms in total. The maximum atomic E-state index is 13.4. The van der Waals surface area contributed by atoms with Gasteiger partial charge in [-0.15, -0.1) is 11.3 Å². The van der Waals surface area contributed by atoms with E-state index in [0.717, 1.165) is 16.1 Å². The molecule has 9 heteroatoms. The lowest BCUT2D eigenvalue weighted by Gasteiger charge is -2.13. The Kier molecular flexibility index (Phi) is 5.46. The second-order valence-electron chi connectivity index (χ2n) is 6.14. The summed E-state index contributed by atoms with van der Waals surface area (Å²) in [6.45, 7) is 2.28. The summed E-state index contributed by atoms with van der Waals surface area (Å²) in [6, 6.07) is 7.96. The van der Waals surface area contributed by atoms with E-state index in [1.165, 1.54) is 18.5 Å². The van der Waals surface area contributed by atoms with Gasteiger partial charge in [-0.3, -0.25) is 0 Å². The van der Waals surface area contributed by atoms with Crippen molar-refractivity contribution in [1.82, 2.24) is 15.0 Å². The number of thiazole rings is 1. The van der Waals surface area contributed by atoms with Gasteiger partial charge in [0.2, 0.25) is 0 Å². The normalized spacial score (nSPS) is 10.9. The van der Waals surface area contributed by atoms with Gasteiger partial charge in [0.25, 0.3) is 0 Å². The van der Waals surface area contributed by atoms with Crippen molar-refractivity contribution < 1.29 is 13.9 Å². The Bertz CT molecular complexity index is 1180. The average Bonchev–Trinajstić information content (AvgIpc) is 3.14. The van der Waals surface area contributed by atoms with Crippen molar-refractivity contribution in [2.45, 2.75) is 13.5 Å². The molecule has 0 aliphatic carbocycles. The maximum absolute atomic E-state index is 13.4. The highest BCUT2D eigenvalue weighted by Crippen LogP contribution is 2.35. The molecular formula is C20H16ClFN4O2S. The number of nitrogens with zero attached hydrogens (tertiary/aromatic N) is 3. The first kappa shape index (κ1) is 19.4. The molecule has 2 aromatic heterocycles. The van der Waals surface area contributed by atoms with Crippen LogP contribution in [0.3, 0.4) is 0 Å². The lowest BCUT2D eigenvalue weighted by Crippen LogP contribution is -2.00. The Hall–Kier alpha value is -2.97. The van der Waals surface area contributed by atoms with Crippen LogP contribution in [0.4, 0.5) is 15.9 Å². The molecule has 0 atom stereocenters. The van der Waals surface area contributed by atoms with Gasteiger partial charge in [0, 0.05) is 22.5 Å². The Morgan fingerprint density at radius 2 is 2.03 bits per heavy atom. The van der Waals surface area contributed by atoms with Crippen LogP contribution in [0.25, 0.3) is 10.9 Å². The van der Waals surface area contributed by atoms with E-state index < -0.39 is 5.82 Å². The zero-order chi connectivity index (χ0) is 20.4. The first-order chi connectivity index (χ1) is 14.0. The average molecular weight is 431 g/mol. The highest BCUT2D eigenvalue weighted by atomic mass is 35.5. The van der Waals surface area contributed by atoms with Gasteiger partial charge in [-0.1, -0.05) is 11.6 Å². The summed E-state index contributed by atoms with van der Waals surface area (Å²) in [5.41, 5.74) is 2.13. The molecule has 0 saturated carbocycles. The number of hydrogen-bond acceptors (Lipinski definition) is 7. The number of aryl methyl sites for hydroxylation is 1. The molecule has 4 aromatic rings. The zero-order valence-corrected chi connectivity index (χ0v) is 17.1. The van der Waals surface area contributed by atoms with E-state index in [0.29, 0.717) is 35.1 Å². The molecule has 0 unspecified atom stereocenters. The van der Waals surface area contributed by atoms with Gasteiger partial charge in [-0.05, 0) is 31.2 Å². The molecule has 0 saturated heterocycles. The molecule has 29 heavy (non-hydrogen) atoms. The molecule has 0 spiro atoms. The maximum Gasteiger partial charge on any atom is 0.163 e. The molecular weight excluding hydrogens is 415 g/mol. The number of aromatic nitrogens is 3. The molecule has 0 bridgehead atoms. The number of ether oxygens (including phenoxy) is 2. The van der Waals surface area contributed by atoms with Crippen LogP contribution < -0.4 is 14.8 Å². The van der Waals surface area contributed by atoms with Crippen LogP contribution in [-0.2, 0) is 6.61 Å². The molecule has 0 aliphatic rings. The van der Waals surface area contributed by atoms with E-state index in [2.05, 4.69) is 20.3 Å². The second kappa shape index (κ2) is 8.18. The summed E-state index contributed by atoms with van der Waals surface area (Å²) in [6.07, 6.45) is 1.44. The largest absolute Gasteiger partial charge is 0.493 e. The Morgan fingerprint density at radius 1 is 1.17 bits per heavy atom. The molecule has 1 N–H and O–H groups in total. The lowest BCUT2D eigenvalue weighted by atomic mass is 10.2. The van der Waals surface area contributed by atoms with Gasteiger partial charge in [0.15, 0.2) is 11.5 Å². The topological polar surface area (TPSA) is 69.2 Å². The predicted octanol–water partition coefficient (Wildman–Crippen LogP) is 5.52. The minimum absolute atomic E-state index is 0.0268. The van der Waals surface area contributed by atoms with E-state index in [-0.39, 0.29) is 5.02 Å². The van der Waals surface area contributed by atoms with Crippen LogP contribution >= 0.6 is 22.9 Å². The van der Waals surface area contributed by atoms with Crippen LogP contribution in [-0.4, -0.2) is 22.1 Å². The number of halogens is 2. The highest BCUT2D eigenvalue weighted by molar-refractivity contribution is 7.09. The Balaban J connectivity index is 1.66. The van der Waals surface area contributed by atoms with Crippen LogP contribution in [0, 0.1) is 12.7 Å². The van der Waals surface area contributed by atoms with E-state index in [1.807, 2.05) is 12.3 Å². The summed E-state index contributed by atoms with van der Waals surface area (Å²) in [7, 11) is 1.57. The van der Waals surface area contributed by atoms with Gasteiger partial charge >= 0.3 is 0 Å². The first-order valence-corrected chi connectivity index (χ1v) is 9.88. The van der Waals surface area contributed by atoms with Crippen molar-refractivity contribution in [2.24, 2.45) is 0 Å². The monoisotopic (exact) mass is 430 g/mol. The number of nitrogens with one attached hydrogen (secondary N) is 1. The first-order valence-electron chi connectivity index (χ1n) is 8.62. The summed E-state index contributed by atoms with van der Waals surface area (Å²) >= 11 is 7.44. The van der Waals surface area contributed by atoms with Gasteiger partial charge in [0.1, 0.15) is 24.6 Å². The van der Waals surface area contributed by atoms with Crippen LogP contribution in [0.15, 0.2) is 42.0 Å². The van der Waals surface area contributed by atoms with Crippen molar-refractivity contribution in [3.8, 4) is 11.5 Å². The van der Waals surface area contributed by atoms with Crippen molar-refractivity contribution in [1.29, 1.82) is 0 Å². The van der Waals surface area contributed by atoms with E-state index in [1.54, 1.807) is 36.6 Å². The van der Waals surface area contributed by atoms with Crippen LogP contribution in [0.2, 0.25) is 5.02 Å². The Labute approximate surface area is 175 Å². The van der Waals surface area contributed by atoms with Gasteiger partial charge in [-0.25, -0.2) is 19.3 Å². The summed E-state index contributed by atoms with van der Waals surface area (Å²) in [4.78, 5) is 13.0. The third-order valence-electron chi connectivity index (χ3n) is 4.15. The third kappa shape index (κ3) is 4.23. The van der Waals surface area contributed by atoms with Gasteiger partial charge in [0.05, 0.1) is 28.4 Å². The van der Waals surface area contributed by atoms with Crippen molar-refractivity contribution in [3.05, 3.63) is 63.6 Å². The molecule has 0 aliphatic heterocycles. The summed E-state index contributed by atoms with van der Waals surface area (Å²) in [5.74, 6) is 1.15. The predicted molar refractivity (Wildman–Crippen MR) is 112 cm³/mol. The number of hydrogen-bond donors (Lipinski definition) is 1. The zero-order valence-electron chi connectivity index (χ0n) is 15.6. The fraction of sp³-hybridized carbons (Fsp3) is 0.150. The number of anilines is 2. The molecule has 0 radical (unpaired) electrons. The van der Waals surface area contributed by atoms with E-state index in [9.17, 15) is 4.39 Å². The molecule has 0 amide bonds. The molecule has 2 aromatic carbocycles. The molecule has 148 valence electrons. The number of fused-ring (bicyclic) bond motifs is 1. The fourth-order valence-electron chi connectivity index (χ4n) is 2.77. The van der Waals surface area contributed by atoms with Crippen molar-refractivity contribution >= 4 is 45.3 Å². The quantitative estimate of drug-likeness (QED) is 0.434. The van der Waals surface area contributed by atoms with Crippen molar-refractivity contribution in [3.63, 3.8) is 0 Å². The second-order valence-corrected chi connectivity index (χ2v) is 7.61. The number of methoxy groups -OCH3 is 1. The number of rotatable bonds is 6. The lowest BCUT2D eigenvalue weighted by molar-refractivity contribution is 0.282. The summed E-state index contributed by atoms with van der Waals surface area (Å²) in [5, 5.41) is 6.83. The molecule has 4 rings (SSSR count).